The van der Waals surface area contributed by atoms with Crippen molar-refractivity contribution >= 4 is 124 Å². The predicted octanol–water partition coefficient (Wildman–Crippen LogP) is 9.66. The van der Waals surface area contributed by atoms with E-state index < -0.39 is 132 Å². The van der Waals surface area contributed by atoms with E-state index in [-0.39, 0.29) is 170 Å². The average Bonchev–Trinajstić information content (AvgIpc) is 1.57. The summed E-state index contributed by atoms with van der Waals surface area (Å²) in [6.07, 6.45) is 23.8. The summed E-state index contributed by atoms with van der Waals surface area (Å²) in [6.45, 7) is 7.80. The molecule has 14 heterocycles. The highest BCUT2D eigenvalue weighted by Crippen LogP contribution is 2.58. The number of carbonyl (C=O) groups is 15. The van der Waals surface area contributed by atoms with Gasteiger partial charge in [0.1, 0.15) is 115 Å². The second-order valence-electron chi connectivity index (χ2n) is 43.6. The van der Waals surface area contributed by atoms with Crippen molar-refractivity contribution < 1.29 is 182 Å². The van der Waals surface area contributed by atoms with Gasteiger partial charge in [-0.3, -0.25) is 47.9 Å². The van der Waals surface area contributed by atoms with Gasteiger partial charge < -0.3 is 110 Å². The van der Waals surface area contributed by atoms with Gasteiger partial charge in [-0.25, -0.2) is 24.0 Å². The van der Waals surface area contributed by atoms with E-state index in [0.717, 1.165) is 154 Å². The maximum Gasteiger partial charge on any atom is 0.347 e. The molecule has 0 amide bonds. The van der Waals surface area contributed by atoms with E-state index in [1.807, 2.05) is 20.8 Å². The molecule has 28 rings (SSSR count). The van der Waals surface area contributed by atoms with E-state index in [9.17, 15) is 71.9 Å². The number of hydrogen-bond donors (Lipinski definition) is 4. The van der Waals surface area contributed by atoms with Crippen molar-refractivity contribution in [3.8, 4) is 0 Å². The Labute approximate surface area is 840 Å². The molecule has 28 bridgehead atoms. The van der Waals surface area contributed by atoms with E-state index in [4.69, 9.17) is 140 Å². The summed E-state index contributed by atoms with van der Waals surface area (Å²) in [5.74, 6) is -1.56. The molecule has 38 unspecified atom stereocenters. The molecule has 14 saturated carbocycles. The minimum absolute atomic E-state index is 0.0124. The lowest BCUT2D eigenvalue weighted by Crippen LogP contribution is -2.49. The van der Waals surface area contributed by atoms with Gasteiger partial charge in [0.2, 0.25) is 12.6 Å². The second-order valence-corrected chi connectivity index (χ2v) is 45.2. The molecule has 14 aliphatic carbocycles. The standard InChI is InChI=1S/C18H25ClO6.C17H25ClO5.C16H23ClO5.C14H18O7.C13H18O6.C12H16O5.C11H16O4/c1-3-13(19)16(21)24-14(4-2)17(22)25-18-7-10-5-11(8-18)15(20)23-12(6-10)9-18;1-3-13(18)16(20)22-14(4-2)23-17-7-10-5-11(8-17)15(19)21-12(6-10)9-17;1-3-13(17)15(19)20-9(2)22-16-6-10-4-11(7-16)14(18)21-12(5-10)8-16;15-5-11(16)19-6-12(17)21-13-8-1-7-2-9(4-8)14(18)20-10(13)3-7;14-5-11(15)17-6-18-12-8-1-7-2-9(4-8)13(16)19-10(12)3-7;13-5-10(14)17-11-7-1-6-2-8(4-7)12(15)16-9(11)3-6;12-5-14-10-7-1-6-2-8(4-7)11(13)15-9(10)3-6/h10-14H,3-9H2,1-2H3;10-14H,3-9H2,1-2H3;9-13H,3-8H2,1-2H3;7-10,13,15H,1-6H2;7-10,12,14H,1-6H2;6-9,11,13H,1-5H2;6-10,12H,1-5H2. The number of carbonyl (C=O) groups excluding carboxylic acids is 15. The monoisotopic (exact) mass is 2070 g/mol. The molecular formula is C101H141Cl3O38. The van der Waals surface area contributed by atoms with Crippen LogP contribution in [0.4, 0.5) is 0 Å². The Morgan fingerprint density at radius 3 is 1.08 bits per heavy atom. The van der Waals surface area contributed by atoms with Gasteiger partial charge in [0.05, 0.1) is 52.6 Å². The summed E-state index contributed by atoms with van der Waals surface area (Å²) in [5, 5.41) is 32.6. The number of ether oxygens (including phenoxy) is 19. The van der Waals surface area contributed by atoms with Crippen molar-refractivity contribution in [1.82, 2.24) is 0 Å². The van der Waals surface area contributed by atoms with E-state index in [2.05, 4.69) is 4.74 Å². The normalized spacial score (nSPS) is 39.4. The summed E-state index contributed by atoms with van der Waals surface area (Å²) in [6, 6.07) is 0. The summed E-state index contributed by atoms with van der Waals surface area (Å²) in [7, 11) is 0. The molecule has 0 spiro atoms. The molecule has 4 N–H and O–H groups in total. The third-order valence-corrected chi connectivity index (χ3v) is 34.7. The molecule has 0 aromatic carbocycles. The fraction of sp³-hybridized carbons (Fsp3) is 0.851. The van der Waals surface area contributed by atoms with E-state index in [1.54, 1.807) is 20.8 Å². The van der Waals surface area contributed by atoms with Gasteiger partial charge in [-0.2, -0.15) is 0 Å². The van der Waals surface area contributed by atoms with Gasteiger partial charge in [-0.1, -0.05) is 34.6 Å². The van der Waals surface area contributed by atoms with Crippen LogP contribution in [0.15, 0.2) is 0 Å². The van der Waals surface area contributed by atoms with Crippen LogP contribution in [-0.4, -0.2) is 269 Å². The summed E-state index contributed by atoms with van der Waals surface area (Å²) in [4.78, 5) is 176. The molecular weight excluding hydrogens is 1930 g/mol. The quantitative estimate of drug-likeness (QED) is 0.0234. The SMILES string of the molecule is CCC(Cl)C(=O)OC(C)OC12CC3CC(C1)OC(=O)C(C3)C2.CCC(Cl)C(=O)OC(CC)C(=O)OC12CC3CC(C1)OC(=O)C(C3)C2.CCC(OC(=O)C(Cl)CC)OC12CC3CC(C1)OC(=O)C(C3)C2.O=C(CO)OC1C2CC3CC(C2)C(=O)OC1C3.O=C(CO)OCC(=O)OC1C2CC3CC(C2)C(=O)OC1C3.O=C(CO)OCOC1C2CC3CC(C2)C(=O)OC1C3.O=C1OC2CC3CC1CC(C3)C2OCO. The van der Waals surface area contributed by atoms with Crippen molar-refractivity contribution in [2.75, 3.05) is 40.0 Å². The van der Waals surface area contributed by atoms with E-state index >= 15 is 0 Å². The number of fused-ring (bicyclic) bond motifs is 7. The van der Waals surface area contributed by atoms with Crippen LogP contribution in [0.1, 0.15) is 273 Å². The molecule has 0 aromatic heterocycles. The zero-order valence-corrected chi connectivity index (χ0v) is 84.0. The second kappa shape index (κ2) is 47.8. The molecule has 142 heavy (non-hydrogen) atoms. The van der Waals surface area contributed by atoms with Crippen molar-refractivity contribution in [1.29, 1.82) is 0 Å². The largest absolute Gasteiger partial charge is 0.462 e. The van der Waals surface area contributed by atoms with Crippen molar-refractivity contribution in [3.63, 3.8) is 0 Å². The zero-order chi connectivity index (χ0) is 102. The average molecular weight is 2070 g/mol. The van der Waals surface area contributed by atoms with Crippen LogP contribution in [-0.2, 0) is 162 Å². The van der Waals surface area contributed by atoms with Crippen LogP contribution in [0.2, 0.25) is 0 Å². The first-order chi connectivity index (χ1) is 67.9. The highest BCUT2D eigenvalue weighted by atomic mass is 35.5. The molecule has 14 saturated heterocycles. The van der Waals surface area contributed by atoms with Gasteiger partial charge in [0.15, 0.2) is 19.5 Å². The third kappa shape index (κ3) is 26.5. The maximum atomic E-state index is 12.6. The fourth-order valence-corrected chi connectivity index (χ4v) is 28.0. The summed E-state index contributed by atoms with van der Waals surface area (Å²) >= 11 is 17.7. The van der Waals surface area contributed by atoms with Gasteiger partial charge >= 0.3 is 89.5 Å². The Morgan fingerprint density at radius 2 is 0.676 bits per heavy atom. The Balaban J connectivity index is 0.000000126. The van der Waals surface area contributed by atoms with Crippen molar-refractivity contribution in [2.24, 2.45) is 107 Å². The molecule has 794 valence electrons. The minimum atomic E-state index is -0.966. The Kier molecular flexibility index (Phi) is 36.7. The maximum absolute atomic E-state index is 12.6. The van der Waals surface area contributed by atoms with Crippen LogP contribution in [0.5, 0.6) is 0 Å². The van der Waals surface area contributed by atoms with Crippen LogP contribution in [0.3, 0.4) is 0 Å². The number of aliphatic hydroxyl groups excluding tert-OH is 4. The van der Waals surface area contributed by atoms with Gasteiger partial charge in [-0.15, -0.1) is 34.8 Å². The number of aliphatic hydroxyl groups is 4. The van der Waals surface area contributed by atoms with Crippen LogP contribution >= 0.6 is 34.8 Å². The number of halogens is 3. The number of esters is 15. The number of alkyl halides is 3. The van der Waals surface area contributed by atoms with Gasteiger partial charge in [0, 0.05) is 43.9 Å². The smallest absolute Gasteiger partial charge is 0.347 e. The van der Waals surface area contributed by atoms with Crippen molar-refractivity contribution in [3.05, 3.63) is 0 Å². The van der Waals surface area contributed by atoms with E-state index in [1.165, 1.54) is 0 Å². The third-order valence-electron chi connectivity index (χ3n) is 33.2. The lowest BCUT2D eigenvalue weighted by atomic mass is 9.65. The first-order valence-electron chi connectivity index (χ1n) is 51.8. The predicted molar refractivity (Wildman–Crippen MR) is 487 cm³/mol. The molecule has 28 fully saturated rings. The Bertz CT molecular complexity index is 4520. The topological polar surface area (TPSA) is 512 Å². The molecule has 38 atom stereocenters. The molecule has 28 aliphatic rings. The van der Waals surface area contributed by atoms with Crippen LogP contribution in [0.25, 0.3) is 0 Å². The fourth-order valence-electron chi connectivity index (χ4n) is 27.9. The minimum Gasteiger partial charge on any atom is -0.462 e. The zero-order valence-electron chi connectivity index (χ0n) is 81.7. The van der Waals surface area contributed by atoms with E-state index in [0.29, 0.717) is 130 Å². The first kappa shape index (κ1) is 109. The van der Waals surface area contributed by atoms with Crippen LogP contribution < -0.4 is 0 Å². The molecule has 14 aliphatic heterocycles. The highest BCUT2D eigenvalue weighted by Gasteiger charge is 2.61. The Hall–Kier alpha value is -7.40. The summed E-state index contributed by atoms with van der Waals surface area (Å²) < 4.78 is 103. The van der Waals surface area contributed by atoms with Crippen molar-refractivity contribution in [2.45, 2.75) is 391 Å². The molecule has 41 heteroatoms. The highest BCUT2D eigenvalue weighted by molar-refractivity contribution is 6.30. The first-order valence-corrected chi connectivity index (χ1v) is 53.1. The lowest BCUT2D eigenvalue weighted by molar-refractivity contribution is -0.236. The molecule has 0 aromatic rings. The number of hydrogen-bond acceptors (Lipinski definition) is 38. The van der Waals surface area contributed by atoms with Gasteiger partial charge in [0.25, 0.3) is 0 Å². The number of rotatable bonds is 29. The van der Waals surface area contributed by atoms with Gasteiger partial charge in [-0.05, 0) is 259 Å². The summed E-state index contributed by atoms with van der Waals surface area (Å²) in [5.41, 5.74) is -1.49. The molecule has 38 nitrogen and oxygen atoms in total. The van der Waals surface area contributed by atoms with Crippen LogP contribution in [0, 0.1) is 107 Å². The lowest BCUT2D eigenvalue weighted by Gasteiger charge is -2.47. The molecule has 0 radical (unpaired) electrons. The Morgan fingerprint density at radius 1 is 0.331 bits per heavy atom.